The lowest BCUT2D eigenvalue weighted by Crippen LogP contribution is -2.23. The molecule has 0 unspecified atom stereocenters. The Bertz CT molecular complexity index is 690. The van der Waals surface area contributed by atoms with Crippen molar-refractivity contribution in [3.05, 3.63) is 59.3 Å². The van der Waals surface area contributed by atoms with Crippen LogP contribution >= 0.6 is 0 Å². The fourth-order valence-electron chi connectivity index (χ4n) is 2.11. The lowest BCUT2D eigenvalue weighted by atomic mass is 10.1. The van der Waals surface area contributed by atoms with Crippen molar-refractivity contribution in [3.8, 4) is 11.9 Å². The maximum Gasteiger partial charge on any atom is 0.220 e. The van der Waals surface area contributed by atoms with Crippen molar-refractivity contribution in [1.29, 1.82) is 5.26 Å². The number of hydrogen-bond acceptors (Lipinski definition) is 4. The molecule has 0 bridgehead atoms. The average molecular weight is 309 g/mol. The van der Waals surface area contributed by atoms with E-state index in [1.165, 1.54) is 0 Å². The Labute approximate surface area is 135 Å². The number of nitrogens with one attached hydrogen (secondary N) is 1. The Balaban J connectivity index is 1.82. The third kappa shape index (κ3) is 5.11. The fourth-order valence-corrected chi connectivity index (χ4v) is 2.11. The number of benzene rings is 1. The zero-order chi connectivity index (χ0) is 16.5. The van der Waals surface area contributed by atoms with Crippen LogP contribution in [0.1, 0.15) is 30.0 Å². The minimum absolute atomic E-state index is 0.0272. The number of carbonyl (C=O) groups excluding carboxylic acids is 1. The summed E-state index contributed by atoms with van der Waals surface area (Å²) >= 11 is 0. The first kappa shape index (κ1) is 16.5. The molecule has 0 spiro atoms. The Morgan fingerprint density at radius 1 is 1.30 bits per heavy atom. The van der Waals surface area contributed by atoms with Gasteiger partial charge < -0.3 is 10.1 Å². The van der Waals surface area contributed by atoms with Crippen molar-refractivity contribution in [2.75, 3.05) is 6.61 Å². The molecule has 1 aromatic heterocycles. The van der Waals surface area contributed by atoms with Gasteiger partial charge in [0.2, 0.25) is 11.8 Å². The van der Waals surface area contributed by atoms with Crippen LogP contribution in [0, 0.1) is 11.3 Å². The second kappa shape index (κ2) is 8.54. The largest absolute Gasteiger partial charge is 0.478 e. The molecular weight excluding hydrogens is 290 g/mol. The van der Waals surface area contributed by atoms with Gasteiger partial charge in [-0.15, -0.1) is 0 Å². The number of aryl methyl sites for hydroxylation is 1. The predicted molar refractivity (Wildman–Crippen MR) is 86.7 cm³/mol. The average Bonchev–Trinajstić information content (AvgIpc) is 2.60. The van der Waals surface area contributed by atoms with Crippen LogP contribution in [0.2, 0.25) is 0 Å². The highest BCUT2D eigenvalue weighted by atomic mass is 16.5. The Morgan fingerprint density at radius 2 is 2.09 bits per heavy atom. The normalized spacial score (nSPS) is 9.91. The summed E-state index contributed by atoms with van der Waals surface area (Å²) in [7, 11) is 0. The summed E-state index contributed by atoms with van der Waals surface area (Å²) in [5.74, 6) is 0.531. The van der Waals surface area contributed by atoms with E-state index in [1.54, 1.807) is 18.3 Å². The van der Waals surface area contributed by atoms with Crippen LogP contribution in [-0.4, -0.2) is 17.5 Å². The molecule has 2 aromatic rings. The quantitative estimate of drug-likeness (QED) is 0.853. The predicted octanol–water partition coefficient (Wildman–Crippen LogP) is 2.60. The van der Waals surface area contributed by atoms with Crippen molar-refractivity contribution >= 4 is 5.91 Å². The van der Waals surface area contributed by atoms with Crippen molar-refractivity contribution in [2.45, 2.75) is 26.3 Å². The molecule has 0 saturated carbocycles. The monoisotopic (exact) mass is 309 g/mol. The highest BCUT2D eigenvalue weighted by Crippen LogP contribution is 2.14. The highest BCUT2D eigenvalue weighted by molar-refractivity contribution is 5.76. The first-order chi connectivity index (χ1) is 11.2. The van der Waals surface area contributed by atoms with Crippen LogP contribution in [-0.2, 0) is 17.8 Å². The molecule has 0 aliphatic carbocycles. The molecule has 0 aliphatic heterocycles. The van der Waals surface area contributed by atoms with Crippen molar-refractivity contribution in [1.82, 2.24) is 10.3 Å². The van der Waals surface area contributed by atoms with Gasteiger partial charge in [0.25, 0.3) is 0 Å². The number of hydrogen-bond donors (Lipinski definition) is 1. The second-order valence-electron chi connectivity index (χ2n) is 4.99. The molecule has 1 aromatic carbocycles. The second-order valence-corrected chi connectivity index (χ2v) is 4.99. The fraction of sp³-hybridized carbons (Fsp3) is 0.278. The van der Waals surface area contributed by atoms with Gasteiger partial charge in [-0.05, 0) is 37.1 Å². The van der Waals surface area contributed by atoms with E-state index < -0.39 is 0 Å². The van der Waals surface area contributed by atoms with Crippen molar-refractivity contribution in [2.24, 2.45) is 0 Å². The van der Waals surface area contributed by atoms with Gasteiger partial charge in [-0.25, -0.2) is 4.98 Å². The number of nitriles is 1. The standard InChI is InChI=1S/C18H19N3O2/c1-2-23-18-16(4-3-11-20-18)13-21-17(22)10-9-14-5-7-15(12-19)8-6-14/h3-8,11H,2,9-10,13H2,1H3,(H,21,22). The van der Waals surface area contributed by atoms with Crippen molar-refractivity contribution < 1.29 is 9.53 Å². The number of nitrogens with zero attached hydrogens (tertiary/aromatic N) is 2. The zero-order valence-corrected chi connectivity index (χ0v) is 13.1. The van der Waals surface area contributed by atoms with Crippen LogP contribution in [0.3, 0.4) is 0 Å². The van der Waals surface area contributed by atoms with E-state index in [4.69, 9.17) is 10.00 Å². The minimum Gasteiger partial charge on any atom is -0.478 e. The van der Waals surface area contributed by atoms with E-state index in [9.17, 15) is 4.79 Å². The van der Waals surface area contributed by atoms with Crippen LogP contribution in [0.5, 0.6) is 5.88 Å². The van der Waals surface area contributed by atoms with Gasteiger partial charge in [0.15, 0.2) is 0 Å². The molecule has 2 rings (SSSR count). The first-order valence-electron chi connectivity index (χ1n) is 7.55. The highest BCUT2D eigenvalue weighted by Gasteiger charge is 2.07. The van der Waals surface area contributed by atoms with Crippen LogP contribution in [0.4, 0.5) is 0 Å². The summed E-state index contributed by atoms with van der Waals surface area (Å²) in [6, 6.07) is 13.1. The summed E-state index contributed by atoms with van der Waals surface area (Å²) in [5, 5.41) is 11.6. The molecule has 118 valence electrons. The smallest absolute Gasteiger partial charge is 0.220 e. The van der Waals surface area contributed by atoms with E-state index in [1.807, 2.05) is 31.2 Å². The van der Waals surface area contributed by atoms with E-state index in [0.717, 1.165) is 11.1 Å². The third-order valence-electron chi connectivity index (χ3n) is 3.33. The molecule has 1 heterocycles. The number of amides is 1. The van der Waals surface area contributed by atoms with Crippen LogP contribution in [0.25, 0.3) is 0 Å². The summed E-state index contributed by atoms with van der Waals surface area (Å²) in [6.07, 6.45) is 2.71. The lowest BCUT2D eigenvalue weighted by Gasteiger charge is -2.09. The van der Waals surface area contributed by atoms with Gasteiger partial charge in [-0.1, -0.05) is 18.2 Å². The molecule has 0 atom stereocenters. The molecule has 5 heteroatoms. The Hall–Kier alpha value is -2.87. The van der Waals surface area contributed by atoms with Gasteiger partial charge in [0.05, 0.1) is 18.2 Å². The van der Waals surface area contributed by atoms with Crippen LogP contribution in [0.15, 0.2) is 42.6 Å². The topological polar surface area (TPSA) is 75.0 Å². The van der Waals surface area contributed by atoms with Crippen LogP contribution < -0.4 is 10.1 Å². The van der Waals surface area contributed by atoms with E-state index in [2.05, 4.69) is 16.4 Å². The maximum absolute atomic E-state index is 12.0. The molecule has 0 fully saturated rings. The number of carbonyl (C=O) groups is 1. The van der Waals surface area contributed by atoms with Gasteiger partial charge in [0.1, 0.15) is 0 Å². The SMILES string of the molecule is CCOc1ncccc1CNC(=O)CCc1ccc(C#N)cc1. The Morgan fingerprint density at radius 3 is 2.78 bits per heavy atom. The summed E-state index contributed by atoms with van der Waals surface area (Å²) in [6.45, 7) is 2.83. The molecule has 0 saturated heterocycles. The lowest BCUT2D eigenvalue weighted by molar-refractivity contribution is -0.121. The van der Waals surface area contributed by atoms with Gasteiger partial charge in [0, 0.05) is 24.7 Å². The number of ether oxygens (including phenoxy) is 1. The summed E-state index contributed by atoms with van der Waals surface area (Å²) in [4.78, 5) is 16.1. The van der Waals surface area contributed by atoms with Crippen molar-refractivity contribution in [3.63, 3.8) is 0 Å². The van der Waals surface area contributed by atoms with Gasteiger partial charge >= 0.3 is 0 Å². The number of pyridine rings is 1. The number of aromatic nitrogens is 1. The van der Waals surface area contributed by atoms with E-state index >= 15 is 0 Å². The maximum atomic E-state index is 12.0. The van der Waals surface area contributed by atoms with Gasteiger partial charge in [-0.2, -0.15) is 5.26 Å². The minimum atomic E-state index is -0.0272. The third-order valence-corrected chi connectivity index (χ3v) is 3.33. The van der Waals surface area contributed by atoms with E-state index in [0.29, 0.717) is 37.4 Å². The Kier molecular flexibility index (Phi) is 6.13. The molecule has 0 radical (unpaired) electrons. The zero-order valence-electron chi connectivity index (χ0n) is 13.1. The van der Waals surface area contributed by atoms with Gasteiger partial charge in [-0.3, -0.25) is 4.79 Å². The molecule has 5 nitrogen and oxygen atoms in total. The molecule has 23 heavy (non-hydrogen) atoms. The first-order valence-corrected chi connectivity index (χ1v) is 7.55. The molecule has 0 aliphatic rings. The molecular formula is C18H19N3O2. The number of rotatable bonds is 7. The summed E-state index contributed by atoms with van der Waals surface area (Å²) in [5.41, 5.74) is 2.52. The molecule has 1 N–H and O–H groups in total. The molecule has 1 amide bonds. The van der Waals surface area contributed by atoms with E-state index in [-0.39, 0.29) is 5.91 Å². The summed E-state index contributed by atoms with van der Waals surface area (Å²) < 4.78 is 5.43.